The van der Waals surface area contributed by atoms with Gasteiger partial charge in [-0.2, -0.15) is 0 Å². The molecule has 1 unspecified atom stereocenters. The van der Waals surface area contributed by atoms with Gasteiger partial charge in [-0.15, -0.1) is 0 Å². The summed E-state index contributed by atoms with van der Waals surface area (Å²) in [7, 11) is 0. The normalized spacial score (nSPS) is 11.8. The summed E-state index contributed by atoms with van der Waals surface area (Å²) in [5.41, 5.74) is 2.36. The minimum Gasteiger partial charge on any atom is -0.447 e. The third-order valence-electron chi connectivity index (χ3n) is 4.97. The maximum absolute atomic E-state index is 12.9. The largest absolute Gasteiger partial charge is 0.447 e. The summed E-state index contributed by atoms with van der Waals surface area (Å²) in [5.74, 6) is -1.43. The number of carbonyl (C=O) groups excluding carboxylic acids is 2. The molecule has 3 aromatic carbocycles. The van der Waals surface area contributed by atoms with E-state index in [4.69, 9.17) is 9.15 Å². The summed E-state index contributed by atoms with van der Waals surface area (Å²) in [6.07, 6.45) is -0.667. The van der Waals surface area contributed by atoms with Gasteiger partial charge in [-0.25, -0.2) is 4.79 Å². The summed E-state index contributed by atoms with van der Waals surface area (Å²) in [6, 6.07) is 24.9. The number of ether oxygens (including phenoxy) is 1. The molecule has 7 heteroatoms. The zero-order valence-corrected chi connectivity index (χ0v) is 17.3. The summed E-state index contributed by atoms with van der Waals surface area (Å²) >= 11 is 0. The molecule has 162 valence electrons. The molecule has 0 spiro atoms. The number of rotatable bonds is 8. The van der Waals surface area contributed by atoms with Crippen LogP contribution in [0, 0.1) is 0 Å². The Kier molecular flexibility index (Phi) is 6.46. The van der Waals surface area contributed by atoms with Crippen LogP contribution in [-0.4, -0.2) is 16.4 Å². The van der Waals surface area contributed by atoms with Crippen molar-refractivity contribution in [3.8, 4) is 0 Å². The number of aromatic nitrogens is 1. The van der Waals surface area contributed by atoms with Crippen molar-refractivity contribution in [1.29, 1.82) is 0 Å². The average Bonchev–Trinajstić information content (AvgIpc) is 3.14. The van der Waals surface area contributed by atoms with Crippen molar-refractivity contribution >= 4 is 28.7 Å². The Balaban J connectivity index is 1.41. The third kappa shape index (κ3) is 4.95. The molecule has 1 aromatic heterocycles. The molecule has 4 aromatic rings. The first kappa shape index (κ1) is 21.1. The number of amides is 1. The second-order valence-corrected chi connectivity index (χ2v) is 7.23. The number of hydrogen-bond acceptors (Lipinski definition) is 5. The summed E-state index contributed by atoms with van der Waals surface area (Å²) < 4.78 is 12.2. The Hall–Kier alpha value is -4.13. The molecule has 0 saturated heterocycles. The van der Waals surface area contributed by atoms with Gasteiger partial charge in [0.2, 0.25) is 6.10 Å². The third-order valence-corrected chi connectivity index (χ3v) is 4.97. The highest BCUT2D eigenvalue weighted by molar-refractivity contribution is 5.96. The summed E-state index contributed by atoms with van der Waals surface area (Å²) in [5, 5.41) is 2.78. The molecule has 0 fully saturated rings. The number of benzene rings is 3. The summed E-state index contributed by atoms with van der Waals surface area (Å²) in [4.78, 5) is 37.5. The van der Waals surface area contributed by atoms with Gasteiger partial charge in [0, 0.05) is 24.2 Å². The first-order valence-corrected chi connectivity index (χ1v) is 10.3. The number of fused-ring (bicyclic) bond motifs is 1. The molecule has 0 aliphatic carbocycles. The number of nitrogens with zero attached hydrogens (tertiary/aromatic N) is 1. The SMILES string of the molecule is O=C(CCCn1c(=O)oc2ccccc21)OC(C(=O)Nc1ccccc1)c1ccccc1. The van der Waals surface area contributed by atoms with Crippen molar-refractivity contribution in [3.63, 3.8) is 0 Å². The molecule has 1 atom stereocenters. The molecule has 0 saturated carbocycles. The summed E-state index contributed by atoms with van der Waals surface area (Å²) in [6.45, 7) is 0.303. The fourth-order valence-corrected chi connectivity index (χ4v) is 3.43. The molecule has 0 radical (unpaired) electrons. The number of esters is 1. The quantitative estimate of drug-likeness (QED) is 0.421. The van der Waals surface area contributed by atoms with E-state index in [2.05, 4.69) is 5.32 Å². The van der Waals surface area contributed by atoms with Crippen molar-refractivity contribution in [3.05, 3.63) is 101 Å². The second-order valence-electron chi connectivity index (χ2n) is 7.23. The van der Waals surface area contributed by atoms with Crippen LogP contribution < -0.4 is 11.1 Å². The van der Waals surface area contributed by atoms with Crippen molar-refractivity contribution in [2.75, 3.05) is 5.32 Å². The van der Waals surface area contributed by atoms with Gasteiger partial charge >= 0.3 is 11.7 Å². The van der Waals surface area contributed by atoms with E-state index in [0.29, 0.717) is 35.3 Å². The highest BCUT2D eigenvalue weighted by Gasteiger charge is 2.25. The van der Waals surface area contributed by atoms with Gasteiger partial charge in [0.1, 0.15) is 0 Å². The minimum absolute atomic E-state index is 0.0495. The van der Waals surface area contributed by atoms with E-state index in [9.17, 15) is 14.4 Å². The molecular weight excluding hydrogens is 408 g/mol. The van der Waals surface area contributed by atoms with Crippen molar-refractivity contribution in [2.45, 2.75) is 25.5 Å². The predicted octanol–water partition coefficient (Wildman–Crippen LogP) is 4.30. The second kappa shape index (κ2) is 9.78. The van der Waals surface area contributed by atoms with E-state index in [0.717, 1.165) is 0 Å². The van der Waals surface area contributed by atoms with E-state index in [1.54, 1.807) is 66.7 Å². The number of nitrogens with one attached hydrogen (secondary N) is 1. The van der Waals surface area contributed by atoms with Gasteiger partial charge in [-0.3, -0.25) is 14.2 Å². The lowest BCUT2D eigenvalue weighted by atomic mass is 10.1. The molecule has 0 bridgehead atoms. The van der Waals surface area contributed by atoms with Crippen molar-refractivity contribution in [2.24, 2.45) is 0 Å². The van der Waals surface area contributed by atoms with E-state index in [1.165, 1.54) is 4.57 Å². The van der Waals surface area contributed by atoms with Gasteiger partial charge in [-0.1, -0.05) is 60.7 Å². The van der Waals surface area contributed by atoms with Gasteiger partial charge in [0.05, 0.1) is 5.52 Å². The fraction of sp³-hybridized carbons (Fsp3) is 0.160. The zero-order valence-electron chi connectivity index (χ0n) is 17.3. The van der Waals surface area contributed by atoms with Gasteiger partial charge < -0.3 is 14.5 Å². The zero-order chi connectivity index (χ0) is 22.3. The van der Waals surface area contributed by atoms with E-state index < -0.39 is 23.7 Å². The molecule has 7 nitrogen and oxygen atoms in total. The molecule has 4 rings (SSSR count). The Morgan fingerprint density at radius 2 is 1.56 bits per heavy atom. The highest BCUT2D eigenvalue weighted by atomic mass is 16.5. The van der Waals surface area contributed by atoms with Crippen LogP contribution in [0.25, 0.3) is 11.1 Å². The molecular formula is C25H22N2O5. The smallest absolute Gasteiger partial charge is 0.419 e. The number of aryl methyl sites for hydroxylation is 1. The molecule has 1 heterocycles. The van der Waals surface area contributed by atoms with Crippen LogP contribution in [0.2, 0.25) is 0 Å². The monoisotopic (exact) mass is 430 g/mol. The Bertz CT molecular complexity index is 1260. The molecule has 32 heavy (non-hydrogen) atoms. The Morgan fingerprint density at radius 3 is 2.31 bits per heavy atom. The lowest BCUT2D eigenvalue weighted by Gasteiger charge is -2.18. The topological polar surface area (TPSA) is 90.5 Å². The molecule has 0 aliphatic heterocycles. The number of carbonyl (C=O) groups is 2. The van der Waals surface area contributed by atoms with Gasteiger partial charge in [0.25, 0.3) is 5.91 Å². The van der Waals surface area contributed by atoms with Crippen LogP contribution in [-0.2, 0) is 20.9 Å². The minimum atomic E-state index is -1.08. The average molecular weight is 430 g/mol. The van der Waals surface area contributed by atoms with E-state index >= 15 is 0 Å². The van der Waals surface area contributed by atoms with Crippen LogP contribution in [0.15, 0.2) is 94.1 Å². The standard InChI is InChI=1S/C25H22N2O5/c28-22(16-9-17-27-20-14-7-8-15-21(20)31-25(27)30)32-23(18-10-3-1-4-11-18)24(29)26-19-12-5-2-6-13-19/h1-8,10-15,23H,9,16-17H2,(H,26,29). The molecule has 1 amide bonds. The number of para-hydroxylation sites is 3. The molecule has 0 aliphatic rings. The van der Waals surface area contributed by atoms with Crippen LogP contribution in [0.3, 0.4) is 0 Å². The number of hydrogen-bond donors (Lipinski definition) is 1. The highest BCUT2D eigenvalue weighted by Crippen LogP contribution is 2.21. The lowest BCUT2D eigenvalue weighted by Crippen LogP contribution is -2.26. The number of anilines is 1. The van der Waals surface area contributed by atoms with Crippen LogP contribution in [0.5, 0.6) is 0 Å². The first-order chi connectivity index (χ1) is 15.6. The van der Waals surface area contributed by atoms with Crippen molar-refractivity contribution < 1.29 is 18.7 Å². The lowest BCUT2D eigenvalue weighted by molar-refractivity contribution is -0.154. The Morgan fingerprint density at radius 1 is 0.906 bits per heavy atom. The van der Waals surface area contributed by atoms with Crippen LogP contribution >= 0.6 is 0 Å². The number of oxazole rings is 1. The van der Waals surface area contributed by atoms with Crippen LogP contribution in [0.4, 0.5) is 5.69 Å². The van der Waals surface area contributed by atoms with Crippen molar-refractivity contribution in [1.82, 2.24) is 4.57 Å². The van der Waals surface area contributed by atoms with E-state index in [-0.39, 0.29) is 6.42 Å². The van der Waals surface area contributed by atoms with E-state index in [1.807, 2.05) is 18.2 Å². The molecule has 1 N–H and O–H groups in total. The fourth-order valence-electron chi connectivity index (χ4n) is 3.43. The van der Waals surface area contributed by atoms with Crippen LogP contribution in [0.1, 0.15) is 24.5 Å². The predicted molar refractivity (Wildman–Crippen MR) is 120 cm³/mol. The van der Waals surface area contributed by atoms with Gasteiger partial charge in [-0.05, 0) is 30.7 Å². The Labute approximate surface area is 184 Å². The maximum Gasteiger partial charge on any atom is 0.419 e. The van der Waals surface area contributed by atoms with Gasteiger partial charge in [0.15, 0.2) is 5.58 Å². The first-order valence-electron chi connectivity index (χ1n) is 10.3. The maximum atomic E-state index is 12.9.